The lowest BCUT2D eigenvalue weighted by Gasteiger charge is -2.35. The van der Waals surface area contributed by atoms with Crippen molar-refractivity contribution in [3.8, 4) is 21.9 Å². The number of fused-ring (bicyclic) bond motifs is 1. The highest BCUT2D eigenvalue weighted by molar-refractivity contribution is 7.13. The molecule has 0 radical (unpaired) electrons. The van der Waals surface area contributed by atoms with Crippen molar-refractivity contribution in [2.45, 2.75) is 58.8 Å². The molecule has 70 heavy (non-hydrogen) atoms. The number of likely N-dealkylation sites (tertiary alicyclic amines) is 1. The number of carbonyl (C=O) groups excluding carboxylic acids is 3. The number of amides is 3. The van der Waals surface area contributed by atoms with Gasteiger partial charge in [0.1, 0.15) is 43.3 Å². The number of β-amino-alcohol motifs (C(OH)–C–C–N with tert-alkyl or cyclic N) is 1. The van der Waals surface area contributed by atoms with Gasteiger partial charge in [0, 0.05) is 36.7 Å². The van der Waals surface area contributed by atoms with Gasteiger partial charge in [-0.25, -0.2) is 19.3 Å². The van der Waals surface area contributed by atoms with E-state index in [0.717, 1.165) is 21.7 Å². The topological polar surface area (TPSA) is 214 Å². The maximum atomic E-state index is 13.9. The van der Waals surface area contributed by atoms with Crippen LogP contribution in [0.4, 0.5) is 15.9 Å². The van der Waals surface area contributed by atoms with Crippen LogP contribution in [0, 0.1) is 18.2 Å². The molecule has 378 valence electrons. The molecular formula is C49H61ClFN7O11S. The molecule has 1 saturated heterocycles. The normalized spacial score (nSPS) is 15.2. The smallest absolute Gasteiger partial charge is 0.246 e. The van der Waals surface area contributed by atoms with Crippen molar-refractivity contribution in [2.75, 3.05) is 91.6 Å². The number of benzene rings is 3. The lowest BCUT2D eigenvalue weighted by molar-refractivity contribution is -0.144. The zero-order valence-corrected chi connectivity index (χ0v) is 41.5. The number of halogens is 2. The molecule has 3 amide bonds. The number of aliphatic hydroxyl groups excluding tert-OH is 1. The second-order valence-electron chi connectivity index (χ2n) is 17.3. The molecule has 1 aliphatic heterocycles. The van der Waals surface area contributed by atoms with Gasteiger partial charge in [-0.3, -0.25) is 14.4 Å². The van der Waals surface area contributed by atoms with Gasteiger partial charge in [0.05, 0.1) is 99.3 Å². The van der Waals surface area contributed by atoms with Crippen LogP contribution in [-0.2, 0) is 44.6 Å². The second-order valence-corrected chi connectivity index (χ2v) is 18.6. The molecule has 0 spiro atoms. The number of nitrogens with one attached hydrogen (secondary N) is 3. The molecule has 18 nitrogen and oxygen atoms in total. The Hall–Kier alpha value is -5.58. The van der Waals surface area contributed by atoms with E-state index in [1.807, 2.05) is 52.0 Å². The average Bonchev–Trinajstić information content (AvgIpc) is 3.96. The van der Waals surface area contributed by atoms with E-state index in [1.54, 1.807) is 35.0 Å². The number of nitrogens with zero attached hydrogens (tertiary/aromatic N) is 4. The predicted molar refractivity (Wildman–Crippen MR) is 262 cm³/mol. The molecule has 3 aromatic carbocycles. The van der Waals surface area contributed by atoms with Gasteiger partial charge in [0.2, 0.25) is 17.7 Å². The molecule has 0 bridgehead atoms. The van der Waals surface area contributed by atoms with Gasteiger partial charge in [-0.05, 0) is 47.7 Å². The number of aromatic nitrogens is 3. The van der Waals surface area contributed by atoms with Gasteiger partial charge in [-0.15, -0.1) is 11.3 Å². The van der Waals surface area contributed by atoms with Crippen molar-refractivity contribution in [1.29, 1.82) is 0 Å². The Balaban J connectivity index is 0.792. The Kier molecular flexibility index (Phi) is 20.4. The van der Waals surface area contributed by atoms with Crippen LogP contribution < -0.4 is 25.4 Å². The molecular weight excluding hydrogens is 949 g/mol. The number of methoxy groups -OCH3 is 1. The van der Waals surface area contributed by atoms with Crippen molar-refractivity contribution in [3.63, 3.8) is 0 Å². The fraction of sp³-hybridized carbons (Fsp3) is 0.469. The molecule has 1 aliphatic rings. The van der Waals surface area contributed by atoms with E-state index in [4.69, 9.17) is 44.8 Å². The Morgan fingerprint density at radius 3 is 2.14 bits per heavy atom. The number of anilines is 2. The first kappa shape index (κ1) is 53.8. The molecule has 5 aromatic rings. The minimum atomic E-state index is -0.975. The number of ether oxygens (including phenoxy) is 7. The van der Waals surface area contributed by atoms with E-state index >= 15 is 0 Å². The van der Waals surface area contributed by atoms with E-state index in [1.165, 1.54) is 30.5 Å². The Morgan fingerprint density at radius 1 is 0.871 bits per heavy atom. The summed E-state index contributed by atoms with van der Waals surface area (Å²) in [5.74, 6) is -0.408. The minimum absolute atomic E-state index is 0.0135. The summed E-state index contributed by atoms with van der Waals surface area (Å²) in [5, 5.41) is 20.0. The largest absolute Gasteiger partial charge is 0.493 e. The van der Waals surface area contributed by atoms with Gasteiger partial charge >= 0.3 is 0 Å². The standard InChI is InChI=1S/C49H61ClFN7O11S/c1-31-44(70-30-55-31)33-8-6-32(7-9-33)26-52-47(61)40-23-35(59)27-58(40)48(62)45(49(2,3)4)57-43(60)28-68-19-18-66-15-14-64-12-13-65-16-17-67-20-21-69-42-24-36-39(25-41(42)63-5)53-29-54-46(36)56-34-10-11-38(51)37(50)22-34/h6-11,22,24-25,29-30,35,40,45,59H,12-21,23,26-28H2,1-5H3,(H,52,61)(H,57,60)(H,53,54,56)/t35-,40+,45-/m1/s1. The van der Waals surface area contributed by atoms with Crippen molar-refractivity contribution >= 4 is 63.1 Å². The molecule has 0 aliphatic carbocycles. The molecule has 1 fully saturated rings. The Bertz CT molecular complexity index is 2500. The third kappa shape index (κ3) is 15.7. The zero-order valence-electron chi connectivity index (χ0n) is 40.0. The third-order valence-corrected chi connectivity index (χ3v) is 12.3. The summed E-state index contributed by atoms with van der Waals surface area (Å²) in [5.41, 5.74) is 5.16. The van der Waals surface area contributed by atoms with Crippen molar-refractivity contribution in [2.24, 2.45) is 5.41 Å². The second kappa shape index (κ2) is 26.6. The highest BCUT2D eigenvalue weighted by Gasteiger charge is 2.44. The highest BCUT2D eigenvalue weighted by atomic mass is 35.5. The molecule has 3 atom stereocenters. The maximum absolute atomic E-state index is 13.9. The number of aryl methyl sites for hydroxylation is 1. The van der Waals surface area contributed by atoms with Crippen molar-refractivity contribution in [3.05, 3.63) is 88.5 Å². The van der Waals surface area contributed by atoms with Gasteiger partial charge in [-0.1, -0.05) is 56.6 Å². The molecule has 21 heteroatoms. The quantitative estimate of drug-likeness (QED) is 0.0453. The molecule has 0 unspecified atom stereocenters. The average molecular weight is 1010 g/mol. The van der Waals surface area contributed by atoms with Crippen molar-refractivity contribution < 1.29 is 57.0 Å². The molecule has 4 N–H and O–H groups in total. The van der Waals surface area contributed by atoms with Crippen LogP contribution in [0.15, 0.2) is 66.4 Å². The number of rotatable bonds is 27. The fourth-order valence-corrected chi connectivity index (χ4v) is 8.38. The number of thiazole rings is 1. The van der Waals surface area contributed by atoms with E-state index < -0.39 is 41.2 Å². The van der Waals surface area contributed by atoms with Gasteiger partial charge in [-0.2, -0.15) is 0 Å². The summed E-state index contributed by atoms with van der Waals surface area (Å²) < 4.78 is 53.0. The lowest BCUT2D eigenvalue weighted by atomic mass is 9.85. The Labute approximate surface area is 415 Å². The maximum Gasteiger partial charge on any atom is 0.246 e. The number of aliphatic hydroxyl groups is 1. The zero-order chi connectivity index (χ0) is 50.0. The summed E-state index contributed by atoms with van der Waals surface area (Å²) in [6, 6.07) is 13.8. The van der Waals surface area contributed by atoms with Crippen molar-refractivity contribution in [1.82, 2.24) is 30.5 Å². The summed E-state index contributed by atoms with van der Waals surface area (Å²) in [6.45, 7) is 10.3. The van der Waals surface area contributed by atoms with Crippen LogP contribution in [0.3, 0.4) is 0 Å². The first-order chi connectivity index (χ1) is 33.7. The van der Waals surface area contributed by atoms with Crippen LogP contribution in [0.5, 0.6) is 11.5 Å². The number of hydrogen-bond acceptors (Lipinski definition) is 16. The van der Waals surface area contributed by atoms with E-state index in [0.29, 0.717) is 80.2 Å². The highest BCUT2D eigenvalue weighted by Crippen LogP contribution is 2.35. The number of hydrogen-bond donors (Lipinski definition) is 4. The van der Waals surface area contributed by atoms with E-state index in [-0.39, 0.29) is 56.9 Å². The van der Waals surface area contributed by atoms with Crippen LogP contribution in [0.1, 0.15) is 38.4 Å². The molecule has 3 heterocycles. The summed E-state index contributed by atoms with van der Waals surface area (Å²) >= 11 is 7.51. The third-order valence-electron chi connectivity index (χ3n) is 11.0. The molecule has 0 saturated carbocycles. The van der Waals surface area contributed by atoms with Crippen LogP contribution in [0.25, 0.3) is 21.3 Å². The van der Waals surface area contributed by atoms with Gasteiger partial charge in [0.25, 0.3) is 0 Å². The predicted octanol–water partition coefficient (Wildman–Crippen LogP) is 5.88. The summed E-state index contributed by atoms with van der Waals surface area (Å²) in [7, 11) is 1.54. The van der Waals surface area contributed by atoms with Crippen LogP contribution in [-0.4, -0.2) is 147 Å². The number of carbonyl (C=O) groups is 3. The first-order valence-electron chi connectivity index (χ1n) is 22.8. The molecule has 2 aromatic heterocycles. The van der Waals surface area contributed by atoms with Gasteiger partial charge < -0.3 is 59.1 Å². The first-order valence-corrected chi connectivity index (χ1v) is 24.1. The molecule has 6 rings (SSSR count). The monoisotopic (exact) mass is 1010 g/mol. The minimum Gasteiger partial charge on any atom is -0.493 e. The SMILES string of the molecule is COc1cc2ncnc(Nc3ccc(F)c(Cl)c3)c2cc1OCCOCCOCCOCCOCCOCC(=O)N[C@H](C(=O)N1C[C@H](O)C[C@H]1C(=O)NCc1ccc(-c2scnc2C)cc1)C(C)(C)C. The van der Waals surface area contributed by atoms with E-state index in [9.17, 15) is 23.9 Å². The van der Waals surface area contributed by atoms with Crippen LogP contribution in [0.2, 0.25) is 5.02 Å². The van der Waals surface area contributed by atoms with Gasteiger partial charge in [0.15, 0.2) is 11.5 Å². The fourth-order valence-electron chi connectivity index (χ4n) is 7.38. The Morgan fingerprint density at radius 2 is 1.53 bits per heavy atom. The summed E-state index contributed by atoms with van der Waals surface area (Å²) in [6.07, 6.45) is 0.620. The summed E-state index contributed by atoms with van der Waals surface area (Å²) in [4.78, 5) is 55.7. The van der Waals surface area contributed by atoms with E-state index in [2.05, 4.69) is 30.9 Å². The van der Waals surface area contributed by atoms with Crippen LogP contribution >= 0.6 is 22.9 Å². The lowest BCUT2D eigenvalue weighted by Crippen LogP contribution is -2.58.